The maximum Gasteiger partial charge on any atom is 0.264 e. The van der Waals surface area contributed by atoms with E-state index in [2.05, 4.69) is 10.5 Å². The first-order valence-electron chi connectivity index (χ1n) is 10.4. The number of anilines is 1. The second-order valence-electron chi connectivity index (χ2n) is 7.74. The average molecular weight is 428 g/mol. The van der Waals surface area contributed by atoms with Crippen molar-refractivity contribution in [3.63, 3.8) is 0 Å². The topological polar surface area (TPSA) is 78.8 Å². The quantitative estimate of drug-likeness (QED) is 0.551. The molecule has 30 heavy (non-hydrogen) atoms. The Morgan fingerprint density at radius 3 is 2.33 bits per heavy atom. The van der Waals surface area contributed by atoms with Crippen LogP contribution in [0.15, 0.2) is 58.5 Å². The Labute approximate surface area is 179 Å². The van der Waals surface area contributed by atoms with Crippen LogP contribution in [0.5, 0.6) is 0 Å². The minimum Gasteiger partial charge on any atom is -0.271 e. The van der Waals surface area contributed by atoms with Crippen LogP contribution in [-0.4, -0.2) is 26.6 Å². The Morgan fingerprint density at radius 1 is 1.00 bits per heavy atom. The molecule has 0 unspecified atom stereocenters. The number of hydrogen-bond donors (Lipinski definition) is 1. The lowest BCUT2D eigenvalue weighted by Gasteiger charge is -2.25. The molecule has 3 rings (SSSR count). The number of nitrogens with one attached hydrogen (secondary N) is 1. The number of hydrazone groups is 1. The molecule has 1 aliphatic carbocycles. The van der Waals surface area contributed by atoms with Gasteiger partial charge in [-0.15, -0.1) is 0 Å². The normalized spacial score (nSPS) is 14.7. The van der Waals surface area contributed by atoms with Gasteiger partial charge < -0.3 is 0 Å². The Bertz CT molecular complexity index is 1010. The first-order chi connectivity index (χ1) is 14.4. The Balaban J connectivity index is 1.89. The molecule has 2 aromatic carbocycles. The summed E-state index contributed by atoms with van der Waals surface area (Å²) in [5.74, 6) is -0.452. The second kappa shape index (κ2) is 9.89. The Hall–Kier alpha value is -2.67. The number of aryl methyl sites for hydroxylation is 2. The molecular weight excluding hydrogens is 398 g/mol. The summed E-state index contributed by atoms with van der Waals surface area (Å²) < 4.78 is 28.0. The molecule has 0 radical (unpaired) electrons. The number of hydrogen-bond acceptors (Lipinski definition) is 4. The SMILES string of the molecule is Cc1ccc(C)c(N(CC(=O)NN=C2CCCCCC2)S(=O)(=O)c2ccccc2)c1. The molecule has 1 N–H and O–H groups in total. The molecule has 0 spiro atoms. The number of benzene rings is 2. The highest BCUT2D eigenvalue weighted by Gasteiger charge is 2.28. The van der Waals surface area contributed by atoms with Crippen LogP contribution in [0.3, 0.4) is 0 Å². The second-order valence-corrected chi connectivity index (χ2v) is 9.60. The lowest BCUT2D eigenvalue weighted by molar-refractivity contribution is -0.119. The maximum atomic E-state index is 13.4. The molecule has 0 aliphatic heterocycles. The van der Waals surface area contributed by atoms with Gasteiger partial charge in [0.2, 0.25) is 0 Å². The van der Waals surface area contributed by atoms with E-state index in [1.165, 1.54) is 29.3 Å². The van der Waals surface area contributed by atoms with Gasteiger partial charge in [0.25, 0.3) is 15.9 Å². The maximum absolute atomic E-state index is 13.4. The van der Waals surface area contributed by atoms with Gasteiger partial charge in [-0.1, -0.05) is 43.2 Å². The summed E-state index contributed by atoms with van der Waals surface area (Å²) in [6.07, 6.45) is 6.27. The minimum atomic E-state index is -3.91. The van der Waals surface area contributed by atoms with Crippen molar-refractivity contribution in [1.29, 1.82) is 0 Å². The van der Waals surface area contributed by atoms with E-state index < -0.39 is 15.9 Å². The standard InChI is InChI=1S/C23H29N3O3S/c1-18-14-15-19(2)22(16-18)26(30(28,29)21-12-8-5-9-13-21)17-23(27)25-24-20-10-6-3-4-7-11-20/h5,8-9,12-16H,3-4,6-7,10-11,17H2,1-2H3,(H,25,27). The highest BCUT2D eigenvalue weighted by molar-refractivity contribution is 7.92. The zero-order valence-corrected chi connectivity index (χ0v) is 18.4. The number of nitrogens with zero attached hydrogens (tertiary/aromatic N) is 2. The molecule has 2 aromatic rings. The van der Waals surface area contributed by atoms with Gasteiger partial charge in [-0.05, 0) is 68.9 Å². The van der Waals surface area contributed by atoms with Crippen molar-refractivity contribution in [3.8, 4) is 0 Å². The van der Waals surface area contributed by atoms with Gasteiger partial charge in [0.1, 0.15) is 6.54 Å². The molecule has 0 heterocycles. The molecule has 7 heteroatoms. The highest BCUT2D eigenvalue weighted by atomic mass is 32.2. The van der Waals surface area contributed by atoms with E-state index in [4.69, 9.17) is 0 Å². The molecule has 1 aliphatic rings. The molecule has 0 saturated heterocycles. The fraction of sp³-hybridized carbons (Fsp3) is 0.391. The first kappa shape index (κ1) is 22.0. The molecule has 0 aromatic heterocycles. The van der Waals surface area contributed by atoms with Crippen LogP contribution in [0.25, 0.3) is 0 Å². The van der Waals surface area contributed by atoms with Gasteiger partial charge in [0.15, 0.2) is 0 Å². The van der Waals surface area contributed by atoms with E-state index in [-0.39, 0.29) is 11.4 Å². The lowest BCUT2D eigenvalue weighted by Crippen LogP contribution is -2.40. The molecular formula is C23H29N3O3S. The Morgan fingerprint density at radius 2 is 1.67 bits per heavy atom. The van der Waals surface area contributed by atoms with Crippen LogP contribution >= 0.6 is 0 Å². The summed E-state index contributed by atoms with van der Waals surface area (Å²) in [5, 5.41) is 4.28. The summed E-state index contributed by atoms with van der Waals surface area (Å²) in [7, 11) is -3.91. The highest BCUT2D eigenvalue weighted by Crippen LogP contribution is 2.27. The van der Waals surface area contributed by atoms with Gasteiger partial charge in [0.05, 0.1) is 10.6 Å². The summed E-state index contributed by atoms with van der Waals surface area (Å²) >= 11 is 0. The zero-order chi connectivity index (χ0) is 21.6. The van der Waals surface area contributed by atoms with Crippen molar-refractivity contribution >= 4 is 27.3 Å². The van der Waals surface area contributed by atoms with Gasteiger partial charge >= 0.3 is 0 Å². The van der Waals surface area contributed by atoms with Gasteiger partial charge in [0, 0.05) is 5.71 Å². The molecule has 0 atom stereocenters. The smallest absolute Gasteiger partial charge is 0.264 e. The third-order valence-electron chi connectivity index (χ3n) is 5.27. The predicted octanol–water partition coefficient (Wildman–Crippen LogP) is 4.33. The third kappa shape index (κ3) is 5.48. The van der Waals surface area contributed by atoms with Gasteiger partial charge in [-0.2, -0.15) is 5.10 Å². The van der Waals surface area contributed by atoms with Gasteiger partial charge in [-0.25, -0.2) is 13.8 Å². The minimum absolute atomic E-state index is 0.147. The number of amides is 1. The average Bonchev–Trinajstić information content (AvgIpc) is 3.02. The fourth-order valence-corrected chi connectivity index (χ4v) is 5.06. The van der Waals surface area contributed by atoms with Gasteiger partial charge in [-0.3, -0.25) is 9.10 Å². The molecule has 1 saturated carbocycles. The van der Waals surface area contributed by atoms with Crippen molar-refractivity contribution in [2.45, 2.75) is 57.3 Å². The van der Waals surface area contributed by atoms with Crippen LogP contribution in [0.1, 0.15) is 49.7 Å². The fourth-order valence-electron chi connectivity index (χ4n) is 3.56. The van der Waals surface area contributed by atoms with Crippen molar-refractivity contribution in [1.82, 2.24) is 5.43 Å². The van der Waals surface area contributed by atoms with E-state index in [0.29, 0.717) is 5.69 Å². The number of carbonyl (C=O) groups is 1. The van der Waals surface area contributed by atoms with E-state index in [9.17, 15) is 13.2 Å². The summed E-state index contributed by atoms with van der Waals surface area (Å²) in [6, 6.07) is 13.8. The van der Waals surface area contributed by atoms with Crippen molar-refractivity contribution in [3.05, 3.63) is 59.7 Å². The van der Waals surface area contributed by atoms with Crippen molar-refractivity contribution in [2.75, 3.05) is 10.8 Å². The summed E-state index contributed by atoms with van der Waals surface area (Å²) in [4.78, 5) is 12.9. The predicted molar refractivity (Wildman–Crippen MR) is 120 cm³/mol. The van der Waals surface area contributed by atoms with E-state index >= 15 is 0 Å². The largest absolute Gasteiger partial charge is 0.271 e. The Kier molecular flexibility index (Phi) is 7.26. The van der Waals surface area contributed by atoms with Crippen molar-refractivity contribution < 1.29 is 13.2 Å². The first-order valence-corrected chi connectivity index (χ1v) is 11.8. The van der Waals surface area contributed by atoms with Crippen LogP contribution in [0, 0.1) is 13.8 Å². The van der Waals surface area contributed by atoms with Crippen molar-refractivity contribution in [2.24, 2.45) is 5.10 Å². The van der Waals surface area contributed by atoms with E-state index in [1.807, 2.05) is 26.0 Å². The zero-order valence-electron chi connectivity index (χ0n) is 17.6. The van der Waals surface area contributed by atoms with Crippen LogP contribution in [-0.2, 0) is 14.8 Å². The number of rotatable bonds is 6. The lowest BCUT2D eigenvalue weighted by atomic mass is 10.1. The van der Waals surface area contributed by atoms with E-state index in [0.717, 1.165) is 42.5 Å². The van der Waals surface area contributed by atoms with Crippen LogP contribution in [0.2, 0.25) is 0 Å². The molecule has 6 nitrogen and oxygen atoms in total. The van der Waals surface area contributed by atoms with Crippen LogP contribution < -0.4 is 9.73 Å². The molecule has 160 valence electrons. The summed E-state index contributed by atoms with van der Waals surface area (Å²) in [6.45, 7) is 3.40. The summed E-state index contributed by atoms with van der Waals surface area (Å²) in [5.41, 5.74) is 5.75. The molecule has 1 amide bonds. The number of sulfonamides is 1. The number of carbonyl (C=O) groups excluding carboxylic acids is 1. The van der Waals surface area contributed by atoms with E-state index in [1.54, 1.807) is 24.3 Å². The van der Waals surface area contributed by atoms with Crippen LogP contribution in [0.4, 0.5) is 5.69 Å². The molecule has 0 bridgehead atoms. The molecule has 1 fully saturated rings. The monoisotopic (exact) mass is 427 g/mol. The third-order valence-corrected chi connectivity index (χ3v) is 7.05.